The van der Waals surface area contributed by atoms with Gasteiger partial charge in [0.1, 0.15) is 10.7 Å². The summed E-state index contributed by atoms with van der Waals surface area (Å²) in [6.07, 6.45) is 1.42. The Balaban J connectivity index is 2.40. The van der Waals surface area contributed by atoms with Crippen LogP contribution in [-0.2, 0) is 10.0 Å². The number of hydrogen-bond donors (Lipinski definition) is 2. The van der Waals surface area contributed by atoms with Gasteiger partial charge >= 0.3 is 0 Å². The third kappa shape index (κ3) is 3.43. The summed E-state index contributed by atoms with van der Waals surface area (Å²) in [5, 5.41) is 0.394. The van der Waals surface area contributed by atoms with E-state index < -0.39 is 10.0 Å². The van der Waals surface area contributed by atoms with Gasteiger partial charge in [0.15, 0.2) is 0 Å². The van der Waals surface area contributed by atoms with Crippen LogP contribution in [0.1, 0.15) is 0 Å². The minimum atomic E-state index is -3.84. The Morgan fingerprint density at radius 3 is 2.60 bits per heavy atom. The molecule has 1 aromatic heterocycles. The molecular formula is C11H8Br2ClN3O2S. The van der Waals surface area contributed by atoms with Crippen LogP contribution in [0.5, 0.6) is 0 Å². The molecule has 0 bridgehead atoms. The fourth-order valence-corrected chi connectivity index (χ4v) is 3.48. The van der Waals surface area contributed by atoms with Crippen molar-refractivity contribution < 1.29 is 8.42 Å². The van der Waals surface area contributed by atoms with E-state index in [1.54, 1.807) is 12.1 Å². The fraction of sp³-hybridized carbons (Fsp3) is 0. The molecule has 1 heterocycles. The lowest BCUT2D eigenvalue weighted by Gasteiger charge is -2.10. The Labute approximate surface area is 137 Å². The Bertz CT molecular complexity index is 768. The van der Waals surface area contributed by atoms with Gasteiger partial charge in [0.05, 0.1) is 10.7 Å². The lowest BCUT2D eigenvalue weighted by Crippen LogP contribution is -2.15. The number of aromatic nitrogens is 1. The lowest BCUT2D eigenvalue weighted by atomic mass is 10.3. The number of nitrogens with two attached hydrogens (primary N) is 1. The highest BCUT2D eigenvalue weighted by molar-refractivity contribution is 9.10. The van der Waals surface area contributed by atoms with Crippen molar-refractivity contribution in [3.63, 3.8) is 0 Å². The number of rotatable bonds is 3. The molecule has 0 aliphatic rings. The van der Waals surface area contributed by atoms with E-state index in [2.05, 4.69) is 41.6 Å². The summed E-state index contributed by atoms with van der Waals surface area (Å²) in [4.78, 5) is 3.69. The second kappa shape index (κ2) is 5.88. The molecule has 0 amide bonds. The first kappa shape index (κ1) is 15.6. The van der Waals surface area contributed by atoms with Gasteiger partial charge in [-0.25, -0.2) is 13.4 Å². The average Bonchev–Trinajstić information content (AvgIpc) is 2.36. The molecule has 0 unspecified atom stereocenters. The van der Waals surface area contributed by atoms with Crippen molar-refractivity contribution >= 4 is 65.0 Å². The highest BCUT2D eigenvalue weighted by Gasteiger charge is 2.19. The maximum Gasteiger partial charge on any atom is 0.265 e. The van der Waals surface area contributed by atoms with Gasteiger partial charge in [0.25, 0.3) is 10.0 Å². The molecule has 20 heavy (non-hydrogen) atoms. The molecule has 0 saturated heterocycles. The first-order valence-electron chi connectivity index (χ1n) is 5.18. The highest BCUT2D eigenvalue weighted by Crippen LogP contribution is 2.28. The molecule has 0 saturated carbocycles. The number of anilines is 2. The zero-order valence-corrected chi connectivity index (χ0v) is 14.5. The number of nitrogens with one attached hydrogen (secondary N) is 1. The van der Waals surface area contributed by atoms with Crippen molar-refractivity contribution in [1.82, 2.24) is 4.98 Å². The first-order valence-corrected chi connectivity index (χ1v) is 8.63. The number of pyridine rings is 1. The normalized spacial score (nSPS) is 11.3. The highest BCUT2D eigenvalue weighted by atomic mass is 79.9. The fourth-order valence-electron chi connectivity index (χ4n) is 1.42. The molecule has 3 N–H and O–H groups in total. The molecule has 0 radical (unpaired) electrons. The van der Waals surface area contributed by atoms with Crippen LogP contribution in [0.25, 0.3) is 0 Å². The van der Waals surface area contributed by atoms with E-state index in [4.69, 9.17) is 17.3 Å². The summed E-state index contributed by atoms with van der Waals surface area (Å²) >= 11 is 12.3. The van der Waals surface area contributed by atoms with Crippen molar-refractivity contribution in [3.05, 3.63) is 44.4 Å². The molecule has 0 fully saturated rings. The molecular weight excluding hydrogens is 433 g/mol. The minimum absolute atomic E-state index is 0.0797. The van der Waals surface area contributed by atoms with Gasteiger partial charge in [-0.2, -0.15) is 0 Å². The topological polar surface area (TPSA) is 85.1 Å². The predicted molar refractivity (Wildman–Crippen MR) is 86.3 cm³/mol. The number of nitrogen functional groups attached to an aromatic ring is 1. The van der Waals surface area contributed by atoms with Crippen LogP contribution in [0.2, 0.25) is 5.02 Å². The Hall–Kier alpha value is -0.830. The molecule has 2 aromatic rings. The van der Waals surface area contributed by atoms with Crippen molar-refractivity contribution in [2.24, 2.45) is 0 Å². The van der Waals surface area contributed by atoms with E-state index in [9.17, 15) is 8.42 Å². The van der Waals surface area contributed by atoms with Crippen molar-refractivity contribution in [2.45, 2.75) is 4.90 Å². The Morgan fingerprint density at radius 2 is 1.95 bits per heavy atom. The van der Waals surface area contributed by atoms with Gasteiger partial charge in [0, 0.05) is 15.1 Å². The van der Waals surface area contributed by atoms with Crippen LogP contribution >= 0.6 is 43.5 Å². The smallest absolute Gasteiger partial charge is 0.265 e. The van der Waals surface area contributed by atoms with Gasteiger partial charge < -0.3 is 5.73 Å². The summed E-state index contributed by atoms with van der Waals surface area (Å²) in [6.45, 7) is 0. The summed E-state index contributed by atoms with van der Waals surface area (Å²) in [6, 6.07) is 6.09. The van der Waals surface area contributed by atoms with Gasteiger partial charge in [-0.3, -0.25) is 4.72 Å². The summed E-state index contributed by atoms with van der Waals surface area (Å²) in [5.41, 5.74) is 5.93. The quantitative estimate of drug-likeness (QED) is 0.762. The van der Waals surface area contributed by atoms with Gasteiger partial charge in [-0.1, -0.05) is 11.6 Å². The molecule has 0 spiro atoms. The van der Waals surface area contributed by atoms with E-state index in [0.717, 1.165) is 0 Å². The minimum Gasteiger partial charge on any atom is -0.383 e. The van der Waals surface area contributed by atoms with Crippen LogP contribution in [0.3, 0.4) is 0 Å². The number of benzene rings is 1. The summed E-state index contributed by atoms with van der Waals surface area (Å²) < 4.78 is 28.1. The van der Waals surface area contributed by atoms with Gasteiger partial charge in [0.2, 0.25) is 0 Å². The Kier molecular flexibility index (Phi) is 4.58. The van der Waals surface area contributed by atoms with Gasteiger partial charge in [-0.05, 0) is 56.1 Å². The molecule has 0 aliphatic heterocycles. The summed E-state index contributed by atoms with van der Waals surface area (Å²) in [7, 11) is -3.84. The zero-order valence-electron chi connectivity index (χ0n) is 9.77. The largest absolute Gasteiger partial charge is 0.383 e. The van der Waals surface area contributed by atoms with Crippen molar-refractivity contribution in [3.8, 4) is 0 Å². The van der Waals surface area contributed by atoms with Crippen molar-refractivity contribution in [2.75, 3.05) is 10.5 Å². The van der Waals surface area contributed by atoms with E-state index in [-0.39, 0.29) is 10.7 Å². The summed E-state index contributed by atoms with van der Waals surface area (Å²) in [5.74, 6) is -0.0797. The molecule has 0 aliphatic carbocycles. The number of nitrogens with zero attached hydrogens (tertiary/aromatic N) is 1. The second-order valence-electron chi connectivity index (χ2n) is 3.77. The first-order chi connectivity index (χ1) is 9.29. The van der Waals surface area contributed by atoms with Crippen LogP contribution in [0.15, 0.2) is 44.3 Å². The third-order valence-corrected chi connectivity index (χ3v) is 5.39. The van der Waals surface area contributed by atoms with E-state index in [1.165, 1.54) is 18.3 Å². The monoisotopic (exact) mass is 439 g/mol. The number of halogens is 3. The SMILES string of the molecule is Nc1ncc(Br)cc1S(=O)(=O)Nc1ccc(Br)c(Cl)c1. The molecule has 5 nitrogen and oxygen atoms in total. The van der Waals surface area contributed by atoms with Crippen LogP contribution < -0.4 is 10.5 Å². The van der Waals surface area contributed by atoms with E-state index in [0.29, 0.717) is 19.7 Å². The van der Waals surface area contributed by atoms with E-state index in [1.807, 2.05) is 0 Å². The van der Waals surface area contributed by atoms with Crippen molar-refractivity contribution in [1.29, 1.82) is 0 Å². The molecule has 9 heteroatoms. The second-order valence-corrected chi connectivity index (χ2v) is 7.60. The average molecular weight is 442 g/mol. The van der Waals surface area contributed by atoms with Gasteiger partial charge in [-0.15, -0.1) is 0 Å². The third-order valence-electron chi connectivity index (χ3n) is 2.31. The van der Waals surface area contributed by atoms with Crippen LogP contribution in [0, 0.1) is 0 Å². The van der Waals surface area contributed by atoms with E-state index >= 15 is 0 Å². The maximum atomic E-state index is 12.3. The van der Waals surface area contributed by atoms with Crippen LogP contribution in [-0.4, -0.2) is 13.4 Å². The molecule has 2 rings (SSSR count). The maximum absolute atomic E-state index is 12.3. The molecule has 0 atom stereocenters. The zero-order chi connectivity index (χ0) is 14.9. The standard InChI is InChI=1S/C11H8Br2ClN3O2S/c12-6-3-10(11(15)16-5-6)20(18,19)17-7-1-2-8(13)9(14)4-7/h1-5,17H,(H2,15,16). The Morgan fingerprint density at radius 1 is 1.25 bits per heavy atom. The number of hydrogen-bond acceptors (Lipinski definition) is 4. The van der Waals surface area contributed by atoms with Crippen LogP contribution in [0.4, 0.5) is 11.5 Å². The lowest BCUT2D eigenvalue weighted by molar-refractivity contribution is 0.601. The predicted octanol–water partition coefficient (Wildman–Crippen LogP) is 3.64. The molecule has 1 aromatic carbocycles. The molecule has 106 valence electrons. The number of sulfonamides is 1.